The Morgan fingerprint density at radius 3 is 2.17 bits per heavy atom. The molecule has 2 aromatic carbocycles. The van der Waals surface area contributed by atoms with Crippen LogP contribution < -0.4 is 5.32 Å². The van der Waals surface area contributed by atoms with Crippen LogP contribution in [-0.2, 0) is 0 Å². The predicted molar refractivity (Wildman–Crippen MR) is 81.0 cm³/mol. The van der Waals surface area contributed by atoms with Crippen LogP contribution in [0.15, 0.2) is 45.3 Å². The van der Waals surface area contributed by atoms with E-state index in [-0.39, 0.29) is 0 Å². The quantitative estimate of drug-likeness (QED) is 0.800. The molecule has 18 heavy (non-hydrogen) atoms. The lowest BCUT2D eigenvalue weighted by Gasteiger charge is -2.09. The topological polar surface area (TPSA) is 35.8 Å². The zero-order valence-electron chi connectivity index (χ0n) is 9.67. The van der Waals surface area contributed by atoms with Crippen molar-refractivity contribution in [2.75, 3.05) is 5.32 Å². The summed E-state index contributed by atoms with van der Waals surface area (Å²) in [5.74, 6) is 0. The average molecular weight is 366 g/mol. The second-order valence-electron chi connectivity index (χ2n) is 3.90. The first-order chi connectivity index (χ1) is 8.60. The van der Waals surface area contributed by atoms with Crippen LogP contribution in [0, 0.1) is 18.3 Å². The molecule has 0 aliphatic rings. The van der Waals surface area contributed by atoms with E-state index in [4.69, 9.17) is 5.26 Å². The molecule has 0 aliphatic heterocycles. The van der Waals surface area contributed by atoms with Gasteiger partial charge in [0.05, 0.1) is 5.56 Å². The van der Waals surface area contributed by atoms with Crippen molar-refractivity contribution in [2.24, 2.45) is 0 Å². The largest absolute Gasteiger partial charge is 0.355 e. The highest BCUT2D eigenvalue weighted by Gasteiger charge is 2.02. The Balaban J connectivity index is 2.26. The molecule has 1 N–H and O–H groups in total. The van der Waals surface area contributed by atoms with E-state index in [1.165, 1.54) is 5.56 Å². The maximum atomic E-state index is 8.86. The van der Waals surface area contributed by atoms with Crippen LogP contribution in [0.25, 0.3) is 0 Å². The van der Waals surface area contributed by atoms with Gasteiger partial charge in [0, 0.05) is 20.3 Å². The second-order valence-corrected chi connectivity index (χ2v) is 5.60. The minimum atomic E-state index is 0.630. The first-order valence-corrected chi connectivity index (χ1v) is 6.91. The number of aryl methyl sites for hydroxylation is 1. The van der Waals surface area contributed by atoms with Crippen molar-refractivity contribution in [2.45, 2.75) is 6.92 Å². The summed E-state index contributed by atoms with van der Waals surface area (Å²) in [7, 11) is 0. The standard InChI is InChI=1S/C14H10Br2N2/c1-9-2-4-11(6-13(9)15)18-12-5-3-10(8-17)14(16)7-12/h2-7,18H,1H3. The lowest BCUT2D eigenvalue weighted by atomic mass is 10.2. The highest BCUT2D eigenvalue weighted by Crippen LogP contribution is 2.26. The molecule has 0 saturated heterocycles. The first kappa shape index (κ1) is 13.1. The van der Waals surface area contributed by atoms with E-state index < -0.39 is 0 Å². The lowest BCUT2D eigenvalue weighted by Crippen LogP contribution is -1.91. The molecule has 2 nitrogen and oxygen atoms in total. The molecule has 0 amide bonds. The molecular weight excluding hydrogens is 356 g/mol. The SMILES string of the molecule is Cc1ccc(Nc2ccc(C#N)c(Br)c2)cc1Br. The number of hydrogen-bond acceptors (Lipinski definition) is 2. The van der Waals surface area contributed by atoms with Gasteiger partial charge in [0.25, 0.3) is 0 Å². The molecule has 0 bridgehead atoms. The summed E-state index contributed by atoms with van der Waals surface area (Å²) in [6, 6.07) is 13.8. The van der Waals surface area contributed by atoms with Gasteiger partial charge in [-0.2, -0.15) is 5.26 Å². The van der Waals surface area contributed by atoms with Crippen molar-refractivity contribution in [3.05, 3.63) is 56.5 Å². The number of benzene rings is 2. The Morgan fingerprint density at radius 2 is 1.61 bits per heavy atom. The van der Waals surface area contributed by atoms with E-state index in [9.17, 15) is 0 Å². The van der Waals surface area contributed by atoms with E-state index in [0.717, 1.165) is 20.3 Å². The molecular formula is C14H10Br2N2. The Bertz CT molecular complexity index is 630. The maximum absolute atomic E-state index is 8.86. The predicted octanol–water partition coefficient (Wildman–Crippen LogP) is 5.14. The van der Waals surface area contributed by atoms with Crippen molar-refractivity contribution in [1.29, 1.82) is 5.26 Å². The zero-order chi connectivity index (χ0) is 13.1. The molecule has 0 unspecified atom stereocenters. The smallest absolute Gasteiger partial charge is 0.100 e. The molecule has 0 heterocycles. The van der Waals surface area contributed by atoms with Crippen molar-refractivity contribution in [3.8, 4) is 6.07 Å². The molecule has 0 spiro atoms. The van der Waals surface area contributed by atoms with Gasteiger partial charge in [0.15, 0.2) is 0 Å². The summed E-state index contributed by atoms with van der Waals surface area (Å²) in [6.45, 7) is 2.05. The van der Waals surface area contributed by atoms with Gasteiger partial charge in [-0.15, -0.1) is 0 Å². The number of halogens is 2. The van der Waals surface area contributed by atoms with E-state index in [1.807, 2.05) is 37.3 Å². The van der Waals surface area contributed by atoms with Crippen molar-refractivity contribution < 1.29 is 0 Å². The highest BCUT2D eigenvalue weighted by molar-refractivity contribution is 9.10. The zero-order valence-corrected chi connectivity index (χ0v) is 12.8. The number of nitrogens with one attached hydrogen (secondary N) is 1. The van der Waals surface area contributed by atoms with Crippen molar-refractivity contribution in [3.63, 3.8) is 0 Å². The molecule has 0 atom stereocenters. The molecule has 2 aromatic rings. The number of hydrogen-bond donors (Lipinski definition) is 1. The third kappa shape index (κ3) is 2.92. The van der Waals surface area contributed by atoms with E-state index in [2.05, 4.69) is 43.2 Å². The van der Waals surface area contributed by atoms with Gasteiger partial charge in [-0.05, 0) is 58.7 Å². The van der Waals surface area contributed by atoms with Crippen LogP contribution in [-0.4, -0.2) is 0 Å². The molecule has 90 valence electrons. The Kier molecular flexibility index (Phi) is 4.05. The maximum Gasteiger partial charge on any atom is 0.100 e. The molecule has 2 rings (SSSR count). The van der Waals surface area contributed by atoms with Crippen LogP contribution in [0.3, 0.4) is 0 Å². The molecule has 0 aromatic heterocycles. The minimum Gasteiger partial charge on any atom is -0.355 e. The summed E-state index contributed by atoms with van der Waals surface area (Å²) >= 11 is 6.88. The number of nitriles is 1. The minimum absolute atomic E-state index is 0.630. The number of nitrogens with zero attached hydrogens (tertiary/aromatic N) is 1. The summed E-state index contributed by atoms with van der Waals surface area (Å²) in [5.41, 5.74) is 3.77. The second kappa shape index (κ2) is 5.55. The fourth-order valence-electron chi connectivity index (χ4n) is 1.52. The number of rotatable bonds is 2. The van der Waals surface area contributed by atoms with Crippen molar-refractivity contribution >= 4 is 43.2 Å². The molecule has 0 saturated carbocycles. The fraction of sp³-hybridized carbons (Fsp3) is 0.0714. The van der Waals surface area contributed by atoms with Gasteiger partial charge in [-0.3, -0.25) is 0 Å². The van der Waals surface area contributed by atoms with Gasteiger partial charge in [0.1, 0.15) is 6.07 Å². The van der Waals surface area contributed by atoms with Crippen LogP contribution in [0.5, 0.6) is 0 Å². The summed E-state index contributed by atoms with van der Waals surface area (Å²) < 4.78 is 1.86. The Hall–Kier alpha value is -1.31. The van der Waals surface area contributed by atoms with E-state index in [1.54, 1.807) is 6.07 Å². The van der Waals surface area contributed by atoms with Gasteiger partial charge >= 0.3 is 0 Å². The van der Waals surface area contributed by atoms with E-state index >= 15 is 0 Å². The van der Waals surface area contributed by atoms with E-state index in [0.29, 0.717) is 5.56 Å². The fourth-order valence-corrected chi connectivity index (χ4v) is 2.37. The molecule has 0 fully saturated rings. The summed E-state index contributed by atoms with van der Waals surface area (Å²) in [6.07, 6.45) is 0. The first-order valence-electron chi connectivity index (χ1n) is 5.33. The molecule has 0 aliphatic carbocycles. The highest BCUT2D eigenvalue weighted by atomic mass is 79.9. The monoisotopic (exact) mass is 364 g/mol. The Morgan fingerprint density at radius 1 is 1.00 bits per heavy atom. The van der Waals surface area contributed by atoms with Crippen LogP contribution >= 0.6 is 31.9 Å². The third-order valence-corrected chi connectivity index (χ3v) is 4.06. The van der Waals surface area contributed by atoms with Gasteiger partial charge in [-0.1, -0.05) is 22.0 Å². The summed E-state index contributed by atoms with van der Waals surface area (Å²) in [5, 5.41) is 12.2. The average Bonchev–Trinajstić information content (AvgIpc) is 2.34. The lowest BCUT2D eigenvalue weighted by molar-refractivity contribution is 1.41. The Labute approximate surface area is 123 Å². The summed E-state index contributed by atoms with van der Waals surface area (Å²) in [4.78, 5) is 0. The number of anilines is 2. The molecule has 0 radical (unpaired) electrons. The van der Waals surface area contributed by atoms with Gasteiger partial charge < -0.3 is 5.32 Å². The van der Waals surface area contributed by atoms with Gasteiger partial charge in [-0.25, -0.2) is 0 Å². The van der Waals surface area contributed by atoms with Crippen molar-refractivity contribution in [1.82, 2.24) is 0 Å². The van der Waals surface area contributed by atoms with Crippen LogP contribution in [0.2, 0.25) is 0 Å². The van der Waals surface area contributed by atoms with Crippen LogP contribution in [0.1, 0.15) is 11.1 Å². The van der Waals surface area contributed by atoms with Crippen LogP contribution in [0.4, 0.5) is 11.4 Å². The normalized spacial score (nSPS) is 9.89. The molecule has 4 heteroatoms. The van der Waals surface area contributed by atoms with Gasteiger partial charge in [0.2, 0.25) is 0 Å². The third-order valence-electron chi connectivity index (χ3n) is 2.55.